The number of carboxylic acid groups (broad SMARTS) is 1. The van der Waals surface area contributed by atoms with Crippen molar-refractivity contribution in [1.82, 2.24) is 5.32 Å². The third kappa shape index (κ3) is 7.58. The molecule has 104 valence electrons. The van der Waals surface area contributed by atoms with E-state index in [4.69, 9.17) is 21.4 Å². The van der Waals surface area contributed by atoms with Crippen molar-refractivity contribution in [2.75, 3.05) is 24.7 Å². The molecule has 0 saturated heterocycles. The first-order valence-corrected chi connectivity index (χ1v) is 7.06. The van der Waals surface area contributed by atoms with E-state index < -0.39 is 5.97 Å². The maximum absolute atomic E-state index is 11.4. The van der Waals surface area contributed by atoms with E-state index in [9.17, 15) is 9.59 Å². The van der Waals surface area contributed by atoms with Gasteiger partial charge in [-0.05, 0) is 24.3 Å². The molecule has 1 amide bonds. The molecule has 0 aromatic heterocycles. The Morgan fingerprint density at radius 2 is 2.00 bits per heavy atom. The van der Waals surface area contributed by atoms with Crippen molar-refractivity contribution in [2.24, 2.45) is 0 Å². The van der Waals surface area contributed by atoms with Crippen LogP contribution in [0.5, 0.6) is 5.75 Å². The van der Waals surface area contributed by atoms with Crippen LogP contribution in [0.3, 0.4) is 0 Å². The van der Waals surface area contributed by atoms with Gasteiger partial charge in [-0.15, -0.1) is 11.8 Å². The van der Waals surface area contributed by atoms with Crippen LogP contribution in [0.4, 0.5) is 0 Å². The maximum Gasteiger partial charge on any atom is 0.313 e. The van der Waals surface area contributed by atoms with Crippen LogP contribution in [0.15, 0.2) is 24.3 Å². The number of carbonyl (C=O) groups is 2. The molecule has 0 radical (unpaired) electrons. The predicted molar refractivity (Wildman–Crippen MR) is 74.9 cm³/mol. The van der Waals surface area contributed by atoms with Crippen LogP contribution in [0.25, 0.3) is 0 Å². The highest BCUT2D eigenvalue weighted by Crippen LogP contribution is 2.15. The average Bonchev–Trinajstić information content (AvgIpc) is 2.37. The summed E-state index contributed by atoms with van der Waals surface area (Å²) >= 11 is 6.97. The van der Waals surface area contributed by atoms with Crippen LogP contribution in [-0.2, 0) is 9.59 Å². The summed E-state index contributed by atoms with van der Waals surface area (Å²) in [7, 11) is 0. The quantitative estimate of drug-likeness (QED) is 0.714. The summed E-state index contributed by atoms with van der Waals surface area (Å²) in [6, 6.07) is 6.71. The van der Waals surface area contributed by atoms with Crippen molar-refractivity contribution < 1.29 is 19.4 Å². The summed E-state index contributed by atoms with van der Waals surface area (Å²) in [4.78, 5) is 21.6. The number of halogens is 1. The normalized spacial score (nSPS) is 9.95. The number of rotatable bonds is 8. The molecular formula is C12H14ClNO4S. The summed E-state index contributed by atoms with van der Waals surface area (Å²) in [6.45, 7) is 0.339. The lowest BCUT2D eigenvalue weighted by Gasteiger charge is -2.07. The number of ether oxygens (including phenoxy) is 1. The first-order valence-electron chi connectivity index (χ1n) is 5.52. The molecule has 0 heterocycles. The van der Waals surface area contributed by atoms with Gasteiger partial charge >= 0.3 is 5.97 Å². The fourth-order valence-corrected chi connectivity index (χ4v) is 1.84. The van der Waals surface area contributed by atoms with Crippen molar-refractivity contribution >= 4 is 35.2 Å². The Kier molecular flexibility index (Phi) is 7.14. The van der Waals surface area contributed by atoms with E-state index in [0.717, 1.165) is 0 Å². The second-order valence-electron chi connectivity index (χ2n) is 3.54. The van der Waals surface area contributed by atoms with Gasteiger partial charge in [0.15, 0.2) is 6.61 Å². The van der Waals surface area contributed by atoms with Crippen molar-refractivity contribution in [3.63, 3.8) is 0 Å². The van der Waals surface area contributed by atoms with E-state index in [0.29, 0.717) is 23.1 Å². The highest BCUT2D eigenvalue weighted by atomic mass is 35.5. The lowest BCUT2D eigenvalue weighted by atomic mass is 10.3. The number of carboxylic acids is 1. The Bertz CT molecular complexity index is 424. The van der Waals surface area contributed by atoms with Crippen LogP contribution >= 0.6 is 23.4 Å². The van der Waals surface area contributed by atoms with E-state index >= 15 is 0 Å². The largest absolute Gasteiger partial charge is 0.484 e. The zero-order valence-corrected chi connectivity index (χ0v) is 11.7. The average molecular weight is 304 g/mol. The smallest absolute Gasteiger partial charge is 0.313 e. The highest BCUT2D eigenvalue weighted by Gasteiger charge is 2.03. The molecule has 0 aliphatic carbocycles. The molecule has 0 spiro atoms. The fourth-order valence-electron chi connectivity index (χ4n) is 1.15. The third-order valence-corrected chi connectivity index (χ3v) is 3.17. The van der Waals surface area contributed by atoms with Crippen molar-refractivity contribution in [3.05, 3.63) is 29.3 Å². The van der Waals surface area contributed by atoms with E-state index in [2.05, 4.69) is 5.32 Å². The van der Waals surface area contributed by atoms with Gasteiger partial charge in [0.05, 0.1) is 5.75 Å². The Hall–Kier alpha value is -1.40. The number of hydrogen-bond donors (Lipinski definition) is 2. The van der Waals surface area contributed by atoms with Gasteiger partial charge in [0, 0.05) is 17.3 Å². The first-order chi connectivity index (χ1) is 9.08. The van der Waals surface area contributed by atoms with Gasteiger partial charge < -0.3 is 15.2 Å². The van der Waals surface area contributed by atoms with E-state index in [-0.39, 0.29) is 18.3 Å². The third-order valence-electron chi connectivity index (χ3n) is 1.98. The number of carbonyl (C=O) groups excluding carboxylic acids is 1. The molecule has 1 rings (SSSR count). The van der Waals surface area contributed by atoms with Crippen LogP contribution in [0.2, 0.25) is 5.02 Å². The van der Waals surface area contributed by atoms with Gasteiger partial charge in [-0.25, -0.2) is 0 Å². The molecule has 0 saturated carbocycles. The topological polar surface area (TPSA) is 75.6 Å². The minimum Gasteiger partial charge on any atom is -0.484 e. The molecule has 1 aromatic rings. The van der Waals surface area contributed by atoms with Crippen LogP contribution < -0.4 is 10.1 Å². The maximum atomic E-state index is 11.4. The molecule has 0 bridgehead atoms. The Morgan fingerprint density at radius 1 is 1.32 bits per heavy atom. The minimum atomic E-state index is -0.859. The molecule has 0 fully saturated rings. The predicted octanol–water partition coefficient (Wildman–Crippen LogP) is 1.65. The second kappa shape index (κ2) is 8.66. The van der Waals surface area contributed by atoms with Gasteiger partial charge in [0.25, 0.3) is 5.91 Å². The molecule has 1 aromatic carbocycles. The molecule has 0 unspecified atom stereocenters. The van der Waals surface area contributed by atoms with Crippen LogP contribution in [0, 0.1) is 0 Å². The van der Waals surface area contributed by atoms with Gasteiger partial charge in [-0.2, -0.15) is 0 Å². The summed E-state index contributed by atoms with van der Waals surface area (Å²) in [6.07, 6.45) is 0. The molecular weight excluding hydrogens is 290 g/mol. The molecule has 0 atom stereocenters. The molecule has 7 heteroatoms. The summed E-state index contributed by atoms with van der Waals surface area (Å²) in [5.41, 5.74) is 0. The standard InChI is InChI=1S/C12H14ClNO4S/c13-9-1-3-10(4-2-9)18-7-11(15)14-5-6-19-8-12(16)17/h1-4H,5-8H2,(H,14,15)(H,16,17). The van der Waals surface area contributed by atoms with Crippen LogP contribution in [-0.4, -0.2) is 41.6 Å². The van der Waals surface area contributed by atoms with Gasteiger partial charge in [0.1, 0.15) is 5.75 Å². The zero-order valence-electron chi connectivity index (χ0n) is 10.1. The lowest BCUT2D eigenvalue weighted by molar-refractivity contribution is -0.133. The zero-order chi connectivity index (χ0) is 14.1. The molecule has 0 aliphatic heterocycles. The van der Waals surface area contributed by atoms with Crippen molar-refractivity contribution in [3.8, 4) is 5.75 Å². The molecule has 2 N–H and O–H groups in total. The fraction of sp³-hybridized carbons (Fsp3) is 0.333. The molecule has 0 aliphatic rings. The number of aliphatic carboxylic acids is 1. The van der Waals surface area contributed by atoms with E-state index in [1.165, 1.54) is 11.8 Å². The van der Waals surface area contributed by atoms with Gasteiger partial charge in [0.2, 0.25) is 0 Å². The van der Waals surface area contributed by atoms with Crippen molar-refractivity contribution in [2.45, 2.75) is 0 Å². The monoisotopic (exact) mass is 303 g/mol. The highest BCUT2D eigenvalue weighted by molar-refractivity contribution is 7.99. The Labute approximate surface area is 120 Å². The van der Waals surface area contributed by atoms with Crippen LogP contribution in [0.1, 0.15) is 0 Å². The van der Waals surface area contributed by atoms with Crippen molar-refractivity contribution in [1.29, 1.82) is 0 Å². The van der Waals surface area contributed by atoms with Gasteiger partial charge in [-0.1, -0.05) is 11.6 Å². The second-order valence-corrected chi connectivity index (χ2v) is 5.08. The molecule has 5 nitrogen and oxygen atoms in total. The first kappa shape index (κ1) is 15.7. The number of thioether (sulfide) groups is 1. The van der Waals surface area contributed by atoms with Gasteiger partial charge in [-0.3, -0.25) is 9.59 Å². The van der Waals surface area contributed by atoms with E-state index in [1.807, 2.05) is 0 Å². The summed E-state index contributed by atoms with van der Waals surface area (Å²) in [5.74, 6) is 0.0592. The number of nitrogens with one attached hydrogen (secondary N) is 1. The Morgan fingerprint density at radius 3 is 2.63 bits per heavy atom. The lowest BCUT2D eigenvalue weighted by Crippen LogP contribution is -2.30. The summed E-state index contributed by atoms with van der Waals surface area (Å²) < 4.78 is 5.25. The SMILES string of the molecule is O=C(O)CSCCNC(=O)COc1ccc(Cl)cc1. The minimum absolute atomic E-state index is 0.0388. The molecule has 19 heavy (non-hydrogen) atoms. The number of amides is 1. The number of benzene rings is 1. The Balaban J connectivity index is 2.11. The van der Waals surface area contributed by atoms with E-state index in [1.54, 1.807) is 24.3 Å². The number of hydrogen-bond acceptors (Lipinski definition) is 4. The summed E-state index contributed by atoms with van der Waals surface area (Å²) in [5, 5.41) is 11.7.